The quantitative estimate of drug-likeness (QED) is 0.392. The highest BCUT2D eigenvalue weighted by atomic mass is 16.5. The lowest BCUT2D eigenvalue weighted by atomic mass is 9.98. The maximum atomic E-state index is 12.3. The Bertz CT molecular complexity index is 1280. The molecule has 5 rings (SSSR count). The first-order valence-corrected chi connectivity index (χ1v) is 11.4. The summed E-state index contributed by atoms with van der Waals surface area (Å²) in [7, 11) is 0. The third-order valence-corrected chi connectivity index (χ3v) is 6.50. The Morgan fingerprint density at radius 1 is 0.943 bits per heavy atom. The van der Waals surface area contributed by atoms with E-state index in [1.54, 1.807) is 0 Å². The number of fused-ring (bicyclic) bond motifs is 4. The Morgan fingerprint density at radius 2 is 1.60 bits per heavy atom. The van der Waals surface area contributed by atoms with Gasteiger partial charge >= 0.3 is 6.09 Å². The maximum absolute atomic E-state index is 12.3. The minimum Gasteiger partial charge on any atom is -0.449 e. The molecule has 4 N–H and O–H groups in total. The van der Waals surface area contributed by atoms with Gasteiger partial charge in [-0.25, -0.2) is 4.79 Å². The zero-order valence-corrected chi connectivity index (χ0v) is 18.7. The average Bonchev–Trinajstić information content (AvgIpc) is 3.35. The van der Waals surface area contributed by atoms with E-state index >= 15 is 0 Å². The van der Waals surface area contributed by atoms with Gasteiger partial charge in [0.1, 0.15) is 12.7 Å². The van der Waals surface area contributed by atoms with Crippen molar-refractivity contribution in [2.75, 3.05) is 18.5 Å². The molecule has 2 unspecified atom stereocenters. The van der Waals surface area contributed by atoms with Crippen LogP contribution in [0.25, 0.3) is 11.1 Å². The molecule has 2 atom stereocenters. The fraction of sp³-hybridized carbons (Fsp3) is 0.222. The van der Waals surface area contributed by atoms with Crippen molar-refractivity contribution in [2.24, 2.45) is 0 Å². The van der Waals surface area contributed by atoms with Crippen LogP contribution < -0.4 is 10.6 Å². The van der Waals surface area contributed by atoms with Crippen LogP contribution >= 0.6 is 0 Å². The largest absolute Gasteiger partial charge is 0.449 e. The van der Waals surface area contributed by atoms with E-state index in [4.69, 9.17) is 4.74 Å². The number of hydrogen-bond acceptors (Lipinski definition) is 6. The molecule has 8 heteroatoms. The number of anilines is 1. The normalized spacial score (nSPS) is 15.6. The number of carbonyl (C=O) groups excluding carboxylic acids is 3. The maximum Gasteiger partial charge on any atom is 0.407 e. The first-order valence-electron chi connectivity index (χ1n) is 11.4. The van der Waals surface area contributed by atoms with E-state index in [1.165, 1.54) is 18.2 Å². The first-order chi connectivity index (χ1) is 16.9. The zero-order chi connectivity index (χ0) is 24.5. The van der Waals surface area contributed by atoms with E-state index in [2.05, 4.69) is 22.8 Å². The highest BCUT2D eigenvalue weighted by Crippen LogP contribution is 2.44. The van der Waals surface area contributed by atoms with Crippen molar-refractivity contribution < 1.29 is 29.3 Å². The molecule has 2 aliphatic rings. The summed E-state index contributed by atoms with van der Waals surface area (Å²) >= 11 is 0. The van der Waals surface area contributed by atoms with Crippen molar-refractivity contribution >= 4 is 23.5 Å². The average molecular weight is 472 g/mol. The first kappa shape index (κ1) is 22.8. The molecule has 3 aromatic rings. The number of alkyl carbamates (subject to hydrolysis) is 1. The third-order valence-electron chi connectivity index (χ3n) is 6.50. The van der Waals surface area contributed by atoms with E-state index in [0.717, 1.165) is 22.3 Å². The molecule has 35 heavy (non-hydrogen) atoms. The Hall–Kier alpha value is -4.01. The van der Waals surface area contributed by atoms with Gasteiger partial charge < -0.3 is 25.6 Å². The van der Waals surface area contributed by atoms with Gasteiger partial charge in [-0.15, -0.1) is 0 Å². The minimum atomic E-state index is -1.25. The molecule has 0 saturated carbocycles. The molecular formula is C27H24N2O6. The molecule has 0 saturated heterocycles. The summed E-state index contributed by atoms with van der Waals surface area (Å²) in [5.41, 5.74) is 5.42. The number of carbonyl (C=O) groups is 3. The molecule has 0 fully saturated rings. The van der Waals surface area contributed by atoms with Gasteiger partial charge in [0, 0.05) is 12.5 Å². The number of aliphatic hydroxyl groups excluding tert-OH is 2. The predicted molar refractivity (Wildman–Crippen MR) is 128 cm³/mol. The van der Waals surface area contributed by atoms with Crippen molar-refractivity contribution in [1.82, 2.24) is 5.32 Å². The van der Waals surface area contributed by atoms with Crippen LogP contribution in [0.1, 0.15) is 45.5 Å². The molecule has 0 aromatic heterocycles. The topological polar surface area (TPSA) is 125 Å². The van der Waals surface area contributed by atoms with Crippen molar-refractivity contribution in [2.45, 2.75) is 24.5 Å². The Morgan fingerprint density at radius 3 is 2.29 bits per heavy atom. The van der Waals surface area contributed by atoms with Gasteiger partial charge in [0.05, 0.1) is 17.4 Å². The van der Waals surface area contributed by atoms with Gasteiger partial charge in [-0.3, -0.25) is 9.59 Å². The summed E-state index contributed by atoms with van der Waals surface area (Å²) in [5.74, 6) is -1.40. The second kappa shape index (κ2) is 9.32. The number of ether oxygens (including phenoxy) is 1. The van der Waals surface area contributed by atoms with E-state index < -0.39 is 30.0 Å². The van der Waals surface area contributed by atoms with E-state index in [-0.39, 0.29) is 31.1 Å². The van der Waals surface area contributed by atoms with Crippen LogP contribution in [0.5, 0.6) is 0 Å². The lowest BCUT2D eigenvalue weighted by Gasteiger charge is -2.19. The van der Waals surface area contributed by atoms with Gasteiger partial charge in [0.15, 0.2) is 0 Å². The monoisotopic (exact) mass is 472 g/mol. The van der Waals surface area contributed by atoms with Crippen molar-refractivity contribution in [1.29, 1.82) is 0 Å². The summed E-state index contributed by atoms with van der Waals surface area (Å²) < 4.78 is 5.47. The molecule has 2 amide bonds. The van der Waals surface area contributed by atoms with Gasteiger partial charge in [0.2, 0.25) is 0 Å². The van der Waals surface area contributed by atoms with Gasteiger partial charge in [-0.2, -0.15) is 0 Å². The summed E-state index contributed by atoms with van der Waals surface area (Å²) in [4.78, 5) is 35.5. The number of hydrogen-bond donors (Lipinski definition) is 4. The number of Topliss-reactive ketones (excluding diaryl/α,β-unsaturated/α-hetero) is 1. The van der Waals surface area contributed by atoms with Crippen LogP contribution in [0.3, 0.4) is 0 Å². The number of ketones is 1. The molecule has 3 aromatic carbocycles. The van der Waals surface area contributed by atoms with Crippen LogP contribution in [0.4, 0.5) is 10.5 Å². The number of aliphatic hydroxyl groups is 2. The van der Waals surface area contributed by atoms with Crippen LogP contribution in [-0.4, -0.2) is 47.3 Å². The third kappa shape index (κ3) is 4.29. The molecule has 1 aliphatic carbocycles. The molecular weight excluding hydrogens is 448 g/mol. The Labute approximate surface area is 201 Å². The van der Waals surface area contributed by atoms with Crippen LogP contribution in [-0.2, 0) is 9.53 Å². The lowest BCUT2D eigenvalue weighted by molar-refractivity contribution is -0.112. The summed E-state index contributed by atoms with van der Waals surface area (Å²) in [6, 6.07) is 20.5. The van der Waals surface area contributed by atoms with Crippen molar-refractivity contribution in [3.63, 3.8) is 0 Å². The van der Waals surface area contributed by atoms with E-state index in [9.17, 15) is 24.6 Å². The molecule has 8 nitrogen and oxygen atoms in total. The molecule has 0 spiro atoms. The summed E-state index contributed by atoms with van der Waals surface area (Å²) in [5, 5.41) is 25.9. The van der Waals surface area contributed by atoms with Crippen LogP contribution in [0.15, 0.2) is 66.7 Å². The lowest BCUT2D eigenvalue weighted by Crippen LogP contribution is -2.30. The van der Waals surface area contributed by atoms with Crippen molar-refractivity contribution in [3.05, 3.63) is 89.0 Å². The molecule has 1 heterocycles. The second-order valence-electron chi connectivity index (χ2n) is 8.64. The molecule has 178 valence electrons. The fourth-order valence-corrected chi connectivity index (χ4v) is 4.70. The van der Waals surface area contributed by atoms with Crippen LogP contribution in [0, 0.1) is 0 Å². The molecule has 0 radical (unpaired) electrons. The van der Waals surface area contributed by atoms with Gasteiger partial charge in [-0.1, -0.05) is 54.6 Å². The van der Waals surface area contributed by atoms with E-state index in [1.807, 2.05) is 36.4 Å². The SMILES string of the molecule is O=C(NCCC(O)C(O)c1ccc2c(c1)NC(=O)C2=O)OCC1c2ccccc2-c2ccccc21. The highest BCUT2D eigenvalue weighted by Gasteiger charge is 2.30. The molecule has 0 bridgehead atoms. The smallest absolute Gasteiger partial charge is 0.407 e. The van der Waals surface area contributed by atoms with Gasteiger partial charge in [0.25, 0.3) is 11.7 Å². The zero-order valence-electron chi connectivity index (χ0n) is 18.7. The fourth-order valence-electron chi connectivity index (χ4n) is 4.70. The Balaban J connectivity index is 1.13. The standard InChI is InChI=1S/C27H24N2O6/c30-23(24(31)15-9-10-20-22(13-15)29-26(33)25(20)32)11-12-28-27(34)35-14-21-18-7-3-1-5-16(18)17-6-2-4-8-19(17)21/h1-10,13,21,23-24,30-31H,11-12,14H2,(H,28,34)(H,29,32,33). The molecule has 1 aliphatic heterocycles. The van der Waals surface area contributed by atoms with Gasteiger partial charge in [-0.05, 0) is 46.4 Å². The summed E-state index contributed by atoms with van der Waals surface area (Å²) in [6.45, 7) is 0.277. The Kier molecular flexibility index (Phi) is 6.07. The van der Waals surface area contributed by atoms with Crippen LogP contribution in [0.2, 0.25) is 0 Å². The summed E-state index contributed by atoms with van der Waals surface area (Å²) in [6.07, 6.45) is -2.95. The van der Waals surface area contributed by atoms with E-state index in [0.29, 0.717) is 11.3 Å². The highest BCUT2D eigenvalue weighted by molar-refractivity contribution is 6.51. The second-order valence-corrected chi connectivity index (χ2v) is 8.64. The number of benzene rings is 3. The van der Waals surface area contributed by atoms with Crippen molar-refractivity contribution in [3.8, 4) is 11.1 Å². The number of nitrogens with one attached hydrogen (secondary N) is 2. The predicted octanol–water partition coefficient (Wildman–Crippen LogP) is 3.14. The number of amides is 2. The minimum absolute atomic E-state index is 0.0484. The number of rotatable bonds is 7.